The molecule has 1 N–H and O–H groups in total. The van der Waals surface area contributed by atoms with Crippen LogP contribution in [0.3, 0.4) is 0 Å². The van der Waals surface area contributed by atoms with Gasteiger partial charge in [-0.05, 0) is 35.1 Å². The zero-order chi connectivity index (χ0) is 16.8. The number of hydrogen-bond acceptors (Lipinski definition) is 1. The maximum absolute atomic E-state index is 14.3. The van der Waals surface area contributed by atoms with E-state index in [1.54, 1.807) is 6.07 Å². The Kier molecular flexibility index (Phi) is 5.63. The average molecular weight is 325 g/mol. The molecule has 1 aliphatic carbocycles. The highest BCUT2D eigenvalue weighted by molar-refractivity contribution is 5.79. The summed E-state index contributed by atoms with van der Waals surface area (Å²) in [6, 6.07) is 14.8. The van der Waals surface area contributed by atoms with Crippen LogP contribution >= 0.6 is 0 Å². The van der Waals surface area contributed by atoms with Crippen molar-refractivity contribution in [1.29, 1.82) is 0 Å². The van der Waals surface area contributed by atoms with E-state index in [0.717, 1.165) is 23.5 Å². The second-order valence-corrected chi connectivity index (χ2v) is 6.64. The lowest BCUT2D eigenvalue weighted by atomic mass is 10.0. The molecule has 3 rings (SSSR count). The summed E-state index contributed by atoms with van der Waals surface area (Å²) < 4.78 is 14.3. The topological polar surface area (TPSA) is 29.1 Å². The van der Waals surface area contributed by atoms with Gasteiger partial charge in [0.2, 0.25) is 5.91 Å². The maximum Gasteiger partial charge on any atom is 0.224 e. The van der Waals surface area contributed by atoms with Crippen LogP contribution in [0.5, 0.6) is 0 Å². The fraction of sp³-hybridized carbons (Fsp3) is 0.381. The highest BCUT2D eigenvalue weighted by Crippen LogP contribution is 2.27. The first-order valence-electron chi connectivity index (χ1n) is 8.83. The second-order valence-electron chi connectivity index (χ2n) is 6.64. The van der Waals surface area contributed by atoms with Crippen LogP contribution in [0.4, 0.5) is 4.39 Å². The summed E-state index contributed by atoms with van der Waals surface area (Å²) in [4.78, 5) is 12.0. The maximum atomic E-state index is 14.3. The van der Waals surface area contributed by atoms with Gasteiger partial charge in [-0.2, -0.15) is 0 Å². The molecule has 0 radical (unpaired) electrons. The molecule has 2 aromatic rings. The fourth-order valence-electron chi connectivity index (χ4n) is 3.45. The van der Waals surface area contributed by atoms with Gasteiger partial charge in [-0.15, -0.1) is 0 Å². The molecule has 0 spiro atoms. The number of halogens is 1. The van der Waals surface area contributed by atoms with Crippen molar-refractivity contribution in [3.8, 4) is 11.1 Å². The Balaban J connectivity index is 1.53. The van der Waals surface area contributed by atoms with Crippen LogP contribution in [-0.4, -0.2) is 12.5 Å². The number of rotatable bonds is 6. The Hall–Kier alpha value is -2.16. The molecule has 1 amide bonds. The first kappa shape index (κ1) is 16.7. The van der Waals surface area contributed by atoms with Gasteiger partial charge in [0.25, 0.3) is 0 Å². The number of hydrogen-bond donors (Lipinski definition) is 1. The molecule has 1 fully saturated rings. The van der Waals surface area contributed by atoms with Gasteiger partial charge in [-0.25, -0.2) is 4.39 Å². The van der Waals surface area contributed by atoms with Crippen LogP contribution in [0.15, 0.2) is 48.5 Å². The van der Waals surface area contributed by atoms with Gasteiger partial charge in [-0.1, -0.05) is 68.1 Å². The van der Waals surface area contributed by atoms with Crippen molar-refractivity contribution >= 4 is 5.91 Å². The molecule has 0 atom stereocenters. The smallest absolute Gasteiger partial charge is 0.224 e. The van der Waals surface area contributed by atoms with Crippen molar-refractivity contribution in [2.45, 2.75) is 38.5 Å². The molecule has 0 bridgehead atoms. The van der Waals surface area contributed by atoms with E-state index in [-0.39, 0.29) is 18.1 Å². The minimum atomic E-state index is -0.317. The normalized spacial score (nSPS) is 14.7. The Labute approximate surface area is 143 Å². The third-order valence-corrected chi connectivity index (χ3v) is 4.86. The number of carbonyl (C=O) groups is 1. The second kappa shape index (κ2) is 8.09. The van der Waals surface area contributed by atoms with E-state index in [0.29, 0.717) is 12.1 Å². The van der Waals surface area contributed by atoms with Gasteiger partial charge in [0.15, 0.2) is 0 Å². The van der Waals surface area contributed by atoms with E-state index in [4.69, 9.17) is 0 Å². The Morgan fingerprint density at radius 2 is 1.79 bits per heavy atom. The molecule has 0 heterocycles. The van der Waals surface area contributed by atoms with Crippen LogP contribution in [0.1, 0.15) is 37.7 Å². The third-order valence-electron chi connectivity index (χ3n) is 4.86. The lowest BCUT2D eigenvalue weighted by Gasteiger charge is -2.10. The van der Waals surface area contributed by atoms with Gasteiger partial charge >= 0.3 is 0 Å². The van der Waals surface area contributed by atoms with Crippen LogP contribution in [0, 0.1) is 11.7 Å². The predicted molar refractivity (Wildman–Crippen MR) is 95.1 cm³/mol. The summed E-state index contributed by atoms with van der Waals surface area (Å²) in [5, 5.41) is 2.93. The molecule has 0 saturated heterocycles. The third kappa shape index (κ3) is 4.44. The summed E-state index contributed by atoms with van der Waals surface area (Å²) in [5.74, 6) is 0.342. The van der Waals surface area contributed by atoms with E-state index < -0.39 is 0 Å². The monoisotopic (exact) mass is 325 g/mol. The molecular formula is C21H24FNO. The summed E-state index contributed by atoms with van der Waals surface area (Å²) in [5.41, 5.74) is 2.26. The number of benzene rings is 2. The van der Waals surface area contributed by atoms with Gasteiger partial charge in [0.1, 0.15) is 5.82 Å². The molecule has 0 aromatic heterocycles. The minimum absolute atomic E-state index is 0.0978. The SMILES string of the molecule is O=C(Cc1ccc(-c2ccccc2)cc1F)NCCC1CCCC1. The molecule has 0 unspecified atom stereocenters. The highest BCUT2D eigenvalue weighted by atomic mass is 19.1. The van der Waals surface area contributed by atoms with Gasteiger partial charge < -0.3 is 5.32 Å². The lowest BCUT2D eigenvalue weighted by molar-refractivity contribution is -0.120. The summed E-state index contributed by atoms with van der Waals surface area (Å²) in [6.07, 6.45) is 6.35. The lowest BCUT2D eigenvalue weighted by Crippen LogP contribution is -2.27. The average Bonchev–Trinajstić information content (AvgIpc) is 3.11. The number of nitrogens with one attached hydrogen (secondary N) is 1. The zero-order valence-corrected chi connectivity index (χ0v) is 13.9. The Morgan fingerprint density at radius 3 is 2.50 bits per heavy atom. The summed E-state index contributed by atoms with van der Waals surface area (Å²) in [6.45, 7) is 0.702. The van der Waals surface area contributed by atoms with Crippen LogP contribution in [-0.2, 0) is 11.2 Å². The van der Waals surface area contributed by atoms with Crippen molar-refractivity contribution in [1.82, 2.24) is 5.32 Å². The molecule has 126 valence electrons. The van der Waals surface area contributed by atoms with Crippen molar-refractivity contribution in [3.63, 3.8) is 0 Å². The van der Waals surface area contributed by atoms with Gasteiger partial charge in [0.05, 0.1) is 6.42 Å². The van der Waals surface area contributed by atoms with Crippen molar-refractivity contribution in [3.05, 3.63) is 59.9 Å². The van der Waals surface area contributed by atoms with Crippen molar-refractivity contribution in [2.24, 2.45) is 5.92 Å². The minimum Gasteiger partial charge on any atom is -0.356 e. The van der Waals surface area contributed by atoms with Crippen LogP contribution in [0.25, 0.3) is 11.1 Å². The van der Waals surface area contributed by atoms with Crippen molar-refractivity contribution in [2.75, 3.05) is 6.54 Å². The van der Waals surface area contributed by atoms with Crippen LogP contribution < -0.4 is 5.32 Å². The molecule has 2 aromatic carbocycles. The van der Waals surface area contributed by atoms with Gasteiger partial charge in [-0.3, -0.25) is 4.79 Å². The zero-order valence-electron chi connectivity index (χ0n) is 13.9. The number of carbonyl (C=O) groups excluding carboxylic acids is 1. The predicted octanol–water partition coefficient (Wildman–Crippen LogP) is 4.73. The van der Waals surface area contributed by atoms with Crippen molar-refractivity contribution < 1.29 is 9.18 Å². The fourth-order valence-corrected chi connectivity index (χ4v) is 3.45. The molecule has 1 saturated carbocycles. The first-order chi connectivity index (χ1) is 11.7. The molecule has 24 heavy (non-hydrogen) atoms. The molecule has 0 aliphatic heterocycles. The molecule has 1 aliphatic rings. The quantitative estimate of drug-likeness (QED) is 0.817. The van der Waals surface area contributed by atoms with E-state index in [1.807, 2.05) is 36.4 Å². The van der Waals surface area contributed by atoms with E-state index in [2.05, 4.69) is 5.32 Å². The van der Waals surface area contributed by atoms with Crippen LogP contribution in [0.2, 0.25) is 0 Å². The summed E-state index contributed by atoms with van der Waals surface area (Å²) in [7, 11) is 0. The first-order valence-corrected chi connectivity index (χ1v) is 8.83. The molecule has 2 nitrogen and oxygen atoms in total. The Morgan fingerprint density at radius 1 is 1.04 bits per heavy atom. The standard InChI is InChI=1S/C21H24FNO/c22-20-14-18(17-8-2-1-3-9-17)10-11-19(20)15-21(24)23-13-12-16-6-4-5-7-16/h1-3,8-11,14,16H,4-7,12-13,15H2,(H,23,24). The van der Waals surface area contributed by atoms with E-state index >= 15 is 0 Å². The molecule has 3 heteroatoms. The van der Waals surface area contributed by atoms with Gasteiger partial charge in [0, 0.05) is 6.54 Å². The van der Waals surface area contributed by atoms with E-state index in [9.17, 15) is 9.18 Å². The number of amides is 1. The summed E-state index contributed by atoms with van der Waals surface area (Å²) >= 11 is 0. The Bertz CT molecular complexity index is 677. The highest BCUT2D eigenvalue weighted by Gasteiger charge is 2.15. The van der Waals surface area contributed by atoms with E-state index in [1.165, 1.54) is 31.7 Å². The molecular weight excluding hydrogens is 301 g/mol. The largest absolute Gasteiger partial charge is 0.356 e.